The molecule has 0 saturated heterocycles. The van der Waals surface area contributed by atoms with Crippen molar-refractivity contribution in [2.24, 2.45) is 11.8 Å². The van der Waals surface area contributed by atoms with Gasteiger partial charge in [-0.25, -0.2) is 0 Å². The second-order valence-corrected chi connectivity index (χ2v) is 6.30. The van der Waals surface area contributed by atoms with Crippen molar-refractivity contribution in [3.63, 3.8) is 0 Å². The summed E-state index contributed by atoms with van der Waals surface area (Å²) in [4.78, 5) is 0. The first-order valence-corrected chi connectivity index (χ1v) is 7.43. The Labute approximate surface area is 118 Å². The van der Waals surface area contributed by atoms with E-state index in [2.05, 4.69) is 57.3 Å². The van der Waals surface area contributed by atoms with Crippen molar-refractivity contribution in [2.75, 3.05) is 6.61 Å². The van der Waals surface area contributed by atoms with Gasteiger partial charge in [0.05, 0.1) is 6.61 Å². The van der Waals surface area contributed by atoms with Crippen molar-refractivity contribution >= 4 is 0 Å². The lowest BCUT2D eigenvalue weighted by molar-refractivity contribution is 0.223. The summed E-state index contributed by atoms with van der Waals surface area (Å²) in [5.74, 6) is 1.31. The number of hydrogen-bond acceptors (Lipinski definition) is 2. The molecule has 2 heteroatoms. The Hall–Kier alpha value is -0.860. The Morgan fingerprint density at radius 2 is 1.53 bits per heavy atom. The summed E-state index contributed by atoms with van der Waals surface area (Å²) in [6.45, 7) is 9.90. The molecular weight excluding hydrogens is 234 g/mol. The molecule has 2 N–H and O–H groups in total. The highest BCUT2D eigenvalue weighted by molar-refractivity contribution is 5.22. The number of benzene rings is 1. The van der Waals surface area contributed by atoms with Crippen LogP contribution in [0.2, 0.25) is 0 Å². The van der Waals surface area contributed by atoms with E-state index in [1.807, 2.05) is 0 Å². The lowest BCUT2D eigenvalue weighted by atomic mass is 10.0. The molecule has 0 aliphatic heterocycles. The maximum absolute atomic E-state index is 9.33. The Balaban J connectivity index is 2.44. The molecule has 0 spiro atoms. The maximum atomic E-state index is 9.33. The van der Waals surface area contributed by atoms with Gasteiger partial charge in [-0.05, 0) is 35.8 Å². The van der Waals surface area contributed by atoms with Crippen molar-refractivity contribution in [2.45, 2.75) is 53.1 Å². The van der Waals surface area contributed by atoms with Crippen LogP contribution >= 0.6 is 0 Å². The number of rotatable bonds is 8. The van der Waals surface area contributed by atoms with E-state index in [0.29, 0.717) is 11.8 Å². The predicted molar refractivity (Wildman–Crippen MR) is 82.2 cm³/mol. The highest BCUT2D eigenvalue weighted by Gasteiger charge is 2.08. The summed E-state index contributed by atoms with van der Waals surface area (Å²) >= 11 is 0. The van der Waals surface area contributed by atoms with E-state index in [0.717, 1.165) is 19.4 Å². The Bertz CT molecular complexity index is 343. The molecule has 0 aliphatic carbocycles. The first-order chi connectivity index (χ1) is 9.01. The van der Waals surface area contributed by atoms with Gasteiger partial charge in [-0.3, -0.25) is 0 Å². The van der Waals surface area contributed by atoms with Crippen LogP contribution in [-0.2, 0) is 13.0 Å². The average Bonchev–Trinajstić information content (AvgIpc) is 2.35. The maximum Gasteiger partial charge on any atom is 0.0584 e. The average molecular weight is 263 g/mol. The van der Waals surface area contributed by atoms with Crippen molar-refractivity contribution < 1.29 is 5.11 Å². The molecule has 1 atom stereocenters. The predicted octanol–water partition coefficient (Wildman–Crippen LogP) is 3.38. The normalized spacial score (nSPS) is 13.2. The molecule has 0 bridgehead atoms. The molecular formula is C17H29NO. The van der Waals surface area contributed by atoms with Crippen molar-refractivity contribution in [1.29, 1.82) is 0 Å². The van der Waals surface area contributed by atoms with Gasteiger partial charge in [0.1, 0.15) is 0 Å². The lowest BCUT2D eigenvalue weighted by Crippen LogP contribution is -2.33. The largest absolute Gasteiger partial charge is 0.395 e. The Morgan fingerprint density at radius 3 is 2.00 bits per heavy atom. The van der Waals surface area contributed by atoms with Gasteiger partial charge in [-0.2, -0.15) is 0 Å². The van der Waals surface area contributed by atoms with Crippen LogP contribution in [-0.4, -0.2) is 17.8 Å². The second kappa shape index (κ2) is 8.34. The molecule has 0 fully saturated rings. The van der Waals surface area contributed by atoms with E-state index < -0.39 is 0 Å². The summed E-state index contributed by atoms with van der Waals surface area (Å²) in [7, 11) is 0. The lowest BCUT2D eigenvalue weighted by Gasteiger charge is -2.18. The number of nitrogens with one attached hydrogen (secondary N) is 1. The van der Waals surface area contributed by atoms with Gasteiger partial charge in [-0.1, -0.05) is 52.0 Å². The van der Waals surface area contributed by atoms with E-state index >= 15 is 0 Å². The summed E-state index contributed by atoms with van der Waals surface area (Å²) in [6, 6.07) is 9.01. The van der Waals surface area contributed by atoms with E-state index in [1.165, 1.54) is 11.1 Å². The minimum atomic E-state index is 0.204. The van der Waals surface area contributed by atoms with Crippen LogP contribution in [0.3, 0.4) is 0 Å². The Kier molecular flexibility index (Phi) is 7.11. The van der Waals surface area contributed by atoms with E-state index in [4.69, 9.17) is 0 Å². The molecule has 2 nitrogen and oxygen atoms in total. The minimum Gasteiger partial charge on any atom is -0.395 e. The van der Waals surface area contributed by atoms with Gasteiger partial charge in [-0.15, -0.1) is 0 Å². The third-order valence-electron chi connectivity index (χ3n) is 3.24. The molecule has 1 rings (SSSR count). The standard InChI is InChI=1S/C17H29NO/c1-13(2)9-15-5-7-16(8-6-15)11-18-17(12-19)10-14(3)4/h5-8,13-14,17-19H,9-12H2,1-4H3. The van der Waals surface area contributed by atoms with Crippen molar-refractivity contribution in [3.8, 4) is 0 Å². The van der Waals surface area contributed by atoms with Crippen molar-refractivity contribution in [3.05, 3.63) is 35.4 Å². The highest BCUT2D eigenvalue weighted by Crippen LogP contribution is 2.10. The van der Waals surface area contributed by atoms with Gasteiger partial charge in [0.25, 0.3) is 0 Å². The van der Waals surface area contributed by atoms with Crippen molar-refractivity contribution in [1.82, 2.24) is 5.32 Å². The highest BCUT2D eigenvalue weighted by atomic mass is 16.3. The molecule has 0 heterocycles. The SMILES string of the molecule is CC(C)Cc1ccc(CNC(CO)CC(C)C)cc1. The molecule has 0 aromatic heterocycles. The summed E-state index contributed by atoms with van der Waals surface area (Å²) < 4.78 is 0. The minimum absolute atomic E-state index is 0.204. The van der Waals surface area contributed by atoms with Crippen LogP contribution in [0, 0.1) is 11.8 Å². The molecule has 19 heavy (non-hydrogen) atoms. The number of aliphatic hydroxyl groups excluding tert-OH is 1. The zero-order valence-electron chi connectivity index (χ0n) is 12.8. The summed E-state index contributed by atoms with van der Waals surface area (Å²) in [5, 5.41) is 12.8. The van der Waals surface area contributed by atoms with Gasteiger partial charge in [0.2, 0.25) is 0 Å². The van der Waals surface area contributed by atoms with Gasteiger partial charge < -0.3 is 10.4 Å². The van der Waals surface area contributed by atoms with Crippen LogP contribution in [0.5, 0.6) is 0 Å². The quantitative estimate of drug-likeness (QED) is 0.753. The van der Waals surface area contributed by atoms with Crippen LogP contribution in [0.1, 0.15) is 45.2 Å². The number of hydrogen-bond donors (Lipinski definition) is 2. The van der Waals surface area contributed by atoms with Gasteiger partial charge >= 0.3 is 0 Å². The van der Waals surface area contributed by atoms with Crippen LogP contribution < -0.4 is 5.32 Å². The zero-order valence-corrected chi connectivity index (χ0v) is 12.8. The fraction of sp³-hybridized carbons (Fsp3) is 0.647. The molecule has 0 aliphatic rings. The summed E-state index contributed by atoms with van der Waals surface area (Å²) in [5.41, 5.74) is 2.69. The summed E-state index contributed by atoms with van der Waals surface area (Å²) in [6.07, 6.45) is 2.16. The molecule has 108 valence electrons. The first kappa shape index (κ1) is 16.2. The van der Waals surface area contributed by atoms with Crippen LogP contribution in [0.15, 0.2) is 24.3 Å². The fourth-order valence-electron chi connectivity index (χ4n) is 2.32. The zero-order chi connectivity index (χ0) is 14.3. The van der Waals surface area contributed by atoms with Crippen LogP contribution in [0.25, 0.3) is 0 Å². The molecule has 1 aromatic rings. The van der Waals surface area contributed by atoms with E-state index in [9.17, 15) is 5.11 Å². The third-order valence-corrected chi connectivity index (χ3v) is 3.24. The van der Waals surface area contributed by atoms with Gasteiger partial charge in [0.15, 0.2) is 0 Å². The number of aliphatic hydroxyl groups is 1. The molecule has 1 unspecified atom stereocenters. The Morgan fingerprint density at radius 1 is 0.947 bits per heavy atom. The second-order valence-electron chi connectivity index (χ2n) is 6.30. The first-order valence-electron chi connectivity index (χ1n) is 7.43. The fourth-order valence-corrected chi connectivity index (χ4v) is 2.32. The van der Waals surface area contributed by atoms with Crippen LogP contribution in [0.4, 0.5) is 0 Å². The van der Waals surface area contributed by atoms with Gasteiger partial charge in [0, 0.05) is 12.6 Å². The van der Waals surface area contributed by atoms with E-state index in [-0.39, 0.29) is 12.6 Å². The monoisotopic (exact) mass is 263 g/mol. The molecule has 0 saturated carbocycles. The topological polar surface area (TPSA) is 32.3 Å². The van der Waals surface area contributed by atoms with E-state index in [1.54, 1.807) is 0 Å². The third kappa shape index (κ3) is 6.74. The smallest absolute Gasteiger partial charge is 0.0584 e. The molecule has 0 radical (unpaired) electrons. The molecule has 1 aromatic carbocycles. The molecule has 0 amide bonds.